The van der Waals surface area contributed by atoms with Crippen LogP contribution >= 0.6 is 0 Å². The quantitative estimate of drug-likeness (QED) is 0.843. The van der Waals surface area contributed by atoms with Crippen molar-refractivity contribution in [2.45, 2.75) is 20.5 Å². The number of aryl methyl sites for hydroxylation is 2. The summed E-state index contributed by atoms with van der Waals surface area (Å²) in [6.07, 6.45) is 0. The predicted molar refractivity (Wildman–Crippen MR) is 68.0 cm³/mol. The highest BCUT2D eigenvalue weighted by atomic mass is 16.5. The molecule has 0 N–H and O–H groups in total. The molecule has 2 aromatic rings. The molecule has 0 aliphatic rings. The molecule has 0 amide bonds. The van der Waals surface area contributed by atoms with E-state index < -0.39 is 0 Å². The van der Waals surface area contributed by atoms with Crippen molar-refractivity contribution in [1.82, 2.24) is 4.98 Å². The lowest BCUT2D eigenvalue weighted by Crippen LogP contribution is -1.98. The van der Waals surface area contributed by atoms with Gasteiger partial charge >= 0.3 is 0 Å². The summed E-state index contributed by atoms with van der Waals surface area (Å²) in [5, 5.41) is 8.82. The first-order valence-corrected chi connectivity index (χ1v) is 5.78. The molecule has 0 saturated carbocycles. The summed E-state index contributed by atoms with van der Waals surface area (Å²) < 4.78 is 16.2. The van der Waals surface area contributed by atoms with E-state index in [1.807, 2.05) is 19.9 Å². The van der Waals surface area contributed by atoms with E-state index in [1.54, 1.807) is 18.2 Å². The third kappa shape index (κ3) is 2.86. The fourth-order valence-electron chi connectivity index (χ4n) is 1.60. The normalized spacial score (nSPS) is 10.0. The number of hydrogen-bond acceptors (Lipinski definition) is 5. The monoisotopic (exact) mass is 258 g/mol. The molecule has 2 rings (SSSR count). The van der Waals surface area contributed by atoms with E-state index in [4.69, 9.17) is 19.2 Å². The Labute approximate surface area is 111 Å². The maximum absolute atomic E-state index is 8.82. The van der Waals surface area contributed by atoms with E-state index in [1.165, 1.54) is 7.11 Å². The standard InChI is InChI=1S/C14H14N2O3/c1-9-10(2)19-14(16-9)8-18-12-5-4-11(7-15)6-13(12)17-3/h4-6H,8H2,1-3H3. The van der Waals surface area contributed by atoms with Gasteiger partial charge in [-0.05, 0) is 26.0 Å². The maximum Gasteiger partial charge on any atom is 0.232 e. The smallest absolute Gasteiger partial charge is 0.232 e. The van der Waals surface area contributed by atoms with Gasteiger partial charge in [-0.1, -0.05) is 0 Å². The number of nitriles is 1. The minimum absolute atomic E-state index is 0.219. The molecule has 1 aromatic heterocycles. The van der Waals surface area contributed by atoms with Crippen LogP contribution in [0.15, 0.2) is 22.6 Å². The Morgan fingerprint density at radius 1 is 1.32 bits per heavy atom. The number of rotatable bonds is 4. The Morgan fingerprint density at radius 2 is 2.11 bits per heavy atom. The minimum Gasteiger partial charge on any atom is -0.493 e. The molecule has 1 heterocycles. The zero-order valence-corrected chi connectivity index (χ0v) is 11.1. The second-order valence-electron chi connectivity index (χ2n) is 4.02. The van der Waals surface area contributed by atoms with Gasteiger partial charge < -0.3 is 13.9 Å². The molecule has 1 aromatic carbocycles. The summed E-state index contributed by atoms with van der Waals surface area (Å²) in [5.41, 5.74) is 1.37. The van der Waals surface area contributed by atoms with Crippen LogP contribution in [0.25, 0.3) is 0 Å². The Bertz CT molecular complexity index is 607. The van der Waals surface area contributed by atoms with E-state index in [2.05, 4.69) is 4.98 Å². The van der Waals surface area contributed by atoms with E-state index >= 15 is 0 Å². The molecule has 0 spiro atoms. The summed E-state index contributed by atoms with van der Waals surface area (Å²) in [6, 6.07) is 7.04. The molecular formula is C14H14N2O3. The highest BCUT2D eigenvalue weighted by molar-refractivity contribution is 5.46. The van der Waals surface area contributed by atoms with Crippen molar-refractivity contribution in [1.29, 1.82) is 5.26 Å². The molecule has 0 atom stereocenters. The van der Waals surface area contributed by atoms with Crippen LogP contribution in [0.5, 0.6) is 11.5 Å². The second-order valence-corrected chi connectivity index (χ2v) is 4.02. The van der Waals surface area contributed by atoms with Crippen molar-refractivity contribution in [2.24, 2.45) is 0 Å². The molecule has 0 fully saturated rings. The highest BCUT2D eigenvalue weighted by Gasteiger charge is 2.09. The van der Waals surface area contributed by atoms with Crippen molar-refractivity contribution in [3.63, 3.8) is 0 Å². The average molecular weight is 258 g/mol. The van der Waals surface area contributed by atoms with Gasteiger partial charge in [0.2, 0.25) is 5.89 Å². The molecule has 0 aliphatic carbocycles. The second kappa shape index (κ2) is 5.44. The number of ether oxygens (including phenoxy) is 2. The maximum atomic E-state index is 8.82. The van der Waals surface area contributed by atoms with Gasteiger partial charge in [0.1, 0.15) is 5.76 Å². The molecule has 5 heteroatoms. The summed E-state index contributed by atoms with van der Waals surface area (Å²) in [6.45, 7) is 3.95. The summed E-state index contributed by atoms with van der Waals surface area (Å²) >= 11 is 0. The van der Waals surface area contributed by atoms with Gasteiger partial charge in [-0.15, -0.1) is 0 Å². The largest absolute Gasteiger partial charge is 0.493 e. The van der Waals surface area contributed by atoms with Gasteiger partial charge in [0.05, 0.1) is 24.4 Å². The molecule has 0 saturated heterocycles. The number of methoxy groups -OCH3 is 1. The lowest BCUT2D eigenvalue weighted by atomic mass is 10.2. The fraction of sp³-hybridized carbons (Fsp3) is 0.286. The first-order chi connectivity index (χ1) is 9.13. The molecule has 98 valence electrons. The van der Waals surface area contributed by atoms with Gasteiger partial charge in [-0.25, -0.2) is 4.98 Å². The number of hydrogen-bond donors (Lipinski definition) is 0. The fourth-order valence-corrected chi connectivity index (χ4v) is 1.60. The topological polar surface area (TPSA) is 68.3 Å². The molecule has 0 radical (unpaired) electrons. The Balaban J connectivity index is 2.13. The van der Waals surface area contributed by atoms with Crippen molar-refractivity contribution in [2.75, 3.05) is 7.11 Å². The van der Waals surface area contributed by atoms with Crippen LogP contribution < -0.4 is 9.47 Å². The summed E-state index contributed by atoms with van der Waals surface area (Å²) in [4.78, 5) is 4.23. The molecule has 5 nitrogen and oxygen atoms in total. The SMILES string of the molecule is COc1cc(C#N)ccc1OCc1nc(C)c(C)o1. The van der Waals surface area contributed by atoms with Crippen LogP contribution in [0.4, 0.5) is 0 Å². The number of nitrogens with zero attached hydrogens (tertiary/aromatic N) is 2. The third-order valence-electron chi connectivity index (χ3n) is 2.72. The lowest BCUT2D eigenvalue weighted by Gasteiger charge is -2.09. The first kappa shape index (κ1) is 13.0. The lowest BCUT2D eigenvalue weighted by molar-refractivity contribution is 0.248. The zero-order chi connectivity index (χ0) is 13.8. The Kier molecular flexibility index (Phi) is 3.71. The molecule has 0 bridgehead atoms. The number of benzene rings is 1. The van der Waals surface area contributed by atoms with Crippen molar-refractivity contribution >= 4 is 0 Å². The van der Waals surface area contributed by atoms with Crippen LogP contribution in [0.1, 0.15) is 22.9 Å². The first-order valence-electron chi connectivity index (χ1n) is 5.78. The molecular weight excluding hydrogens is 244 g/mol. The van der Waals surface area contributed by atoms with Crippen LogP contribution in [-0.4, -0.2) is 12.1 Å². The predicted octanol–water partition coefficient (Wildman–Crippen LogP) is 2.75. The van der Waals surface area contributed by atoms with Gasteiger partial charge in [0.25, 0.3) is 0 Å². The van der Waals surface area contributed by atoms with Gasteiger partial charge in [-0.2, -0.15) is 5.26 Å². The van der Waals surface area contributed by atoms with Gasteiger partial charge in [-0.3, -0.25) is 0 Å². The molecule has 0 unspecified atom stereocenters. The Morgan fingerprint density at radius 3 is 2.68 bits per heavy atom. The van der Waals surface area contributed by atoms with E-state index in [9.17, 15) is 0 Å². The van der Waals surface area contributed by atoms with Crippen LogP contribution in [0.3, 0.4) is 0 Å². The van der Waals surface area contributed by atoms with E-state index in [-0.39, 0.29) is 6.61 Å². The van der Waals surface area contributed by atoms with Crippen molar-refractivity contribution < 1.29 is 13.9 Å². The highest BCUT2D eigenvalue weighted by Crippen LogP contribution is 2.28. The van der Waals surface area contributed by atoms with E-state index in [0.29, 0.717) is 23.0 Å². The molecule has 19 heavy (non-hydrogen) atoms. The molecule has 0 aliphatic heterocycles. The Hall–Kier alpha value is -2.48. The third-order valence-corrected chi connectivity index (χ3v) is 2.72. The van der Waals surface area contributed by atoms with Gasteiger partial charge in [0.15, 0.2) is 18.1 Å². The van der Waals surface area contributed by atoms with Crippen LogP contribution in [-0.2, 0) is 6.61 Å². The number of oxazole rings is 1. The minimum atomic E-state index is 0.219. The van der Waals surface area contributed by atoms with Crippen molar-refractivity contribution in [3.05, 3.63) is 41.1 Å². The summed E-state index contributed by atoms with van der Waals surface area (Å²) in [7, 11) is 1.53. The van der Waals surface area contributed by atoms with Crippen LogP contribution in [0.2, 0.25) is 0 Å². The number of aromatic nitrogens is 1. The van der Waals surface area contributed by atoms with Crippen molar-refractivity contribution in [3.8, 4) is 17.6 Å². The van der Waals surface area contributed by atoms with Gasteiger partial charge in [0, 0.05) is 6.07 Å². The van der Waals surface area contributed by atoms with E-state index in [0.717, 1.165) is 11.5 Å². The van der Waals surface area contributed by atoms with Crippen LogP contribution in [0, 0.1) is 25.2 Å². The summed E-state index contributed by atoms with van der Waals surface area (Å²) in [5.74, 6) is 2.36. The zero-order valence-electron chi connectivity index (χ0n) is 11.1. The average Bonchev–Trinajstić information content (AvgIpc) is 2.75.